The van der Waals surface area contributed by atoms with Crippen LogP contribution in [-0.4, -0.2) is 0 Å². The van der Waals surface area contributed by atoms with E-state index in [1.807, 2.05) is 24.3 Å². The highest BCUT2D eigenvalue weighted by molar-refractivity contribution is 9.10. The molecule has 0 amide bonds. The van der Waals surface area contributed by atoms with Gasteiger partial charge in [-0.15, -0.1) is 0 Å². The zero-order chi connectivity index (χ0) is 13.4. The molecule has 0 fully saturated rings. The van der Waals surface area contributed by atoms with Gasteiger partial charge in [-0.25, -0.2) is 0 Å². The molecule has 1 aliphatic rings. The summed E-state index contributed by atoms with van der Waals surface area (Å²) in [6.07, 6.45) is 2.14. The molecule has 0 radical (unpaired) electrons. The van der Waals surface area contributed by atoms with Gasteiger partial charge in [-0.05, 0) is 54.3 Å². The van der Waals surface area contributed by atoms with Crippen molar-refractivity contribution < 1.29 is 0 Å². The summed E-state index contributed by atoms with van der Waals surface area (Å²) >= 11 is 9.66. The van der Waals surface area contributed by atoms with E-state index in [0.29, 0.717) is 6.04 Å². The second-order valence-electron chi connectivity index (χ2n) is 4.82. The molecule has 0 aromatic heterocycles. The lowest BCUT2D eigenvalue weighted by Crippen LogP contribution is -2.07. The number of aryl methyl sites for hydroxylation is 1. The molecule has 0 aliphatic heterocycles. The van der Waals surface area contributed by atoms with Crippen LogP contribution in [0, 0.1) is 0 Å². The van der Waals surface area contributed by atoms with Gasteiger partial charge in [0.1, 0.15) is 0 Å². The van der Waals surface area contributed by atoms with Gasteiger partial charge >= 0.3 is 0 Å². The lowest BCUT2D eigenvalue weighted by atomic mass is 10.1. The van der Waals surface area contributed by atoms with Crippen LogP contribution in [0.25, 0.3) is 0 Å². The normalized spacial score (nSPS) is 17.3. The van der Waals surface area contributed by atoms with Crippen molar-refractivity contribution in [3.05, 3.63) is 57.0 Å². The molecule has 3 rings (SSSR count). The summed E-state index contributed by atoms with van der Waals surface area (Å²) < 4.78 is 0.989. The molecule has 1 aliphatic carbocycles. The number of benzene rings is 2. The first kappa shape index (κ1) is 12.8. The summed E-state index contributed by atoms with van der Waals surface area (Å²) in [5.74, 6) is 0. The van der Waals surface area contributed by atoms with Crippen LogP contribution in [-0.2, 0) is 6.42 Å². The van der Waals surface area contributed by atoms with E-state index in [1.165, 1.54) is 11.1 Å². The van der Waals surface area contributed by atoms with E-state index in [-0.39, 0.29) is 0 Å². The van der Waals surface area contributed by atoms with Crippen LogP contribution in [0.15, 0.2) is 40.9 Å². The number of hydrogen-bond donors (Lipinski definition) is 2. The van der Waals surface area contributed by atoms with Gasteiger partial charge in [-0.3, -0.25) is 0 Å². The van der Waals surface area contributed by atoms with E-state index in [9.17, 15) is 0 Å². The lowest BCUT2D eigenvalue weighted by molar-refractivity contribution is 0.762. The zero-order valence-corrected chi connectivity index (χ0v) is 12.6. The van der Waals surface area contributed by atoms with Gasteiger partial charge in [0, 0.05) is 10.2 Å². The van der Waals surface area contributed by atoms with Gasteiger partial charge in [0.25, 0.3) is 0 Å². The molecule has 2 aromatic carbocycles. The van der Waals surface area contributed by atoms with Gasteiger partial charge in [-0.1, -0.05) is 33.6 Å². The fourth-order valence-corrected chi connectivity index (χ4v) is 3.31. The van der Waals surface area contributed by atoms with Crippen molar-refractivity contribution in [2.45, 2.75) is 18.9 Å². The first-order chi connectivity index (χ1) is 9.13. The Morgan fingerprint density at radius 1 is 1.21 bits per heavy atom. The van der Waals surface area contributed by atoms with Crippen molar-refractivity contribution in [1.29, 1.82) is 0 Å². The van der Waals surface area contributed by atoms with Gasteiger partial charge in [0.15, 0.2) is 0 Å². The van der Waals surface area contributed by atoms with Crippen molar-refractivity contribution >= 4 is 38.9 Å². The largest absolute Gasteiger partial charge is 0.399 e. The molecule has 0 saturated heterocycles. The average molecular weight is 338 g/mol. The SMILES string of the molecule is Nc1ccc2c(c1)CCC2Nc1ccc(Br)cc1Cl. The van der Waals surface area contributed by atoms with E-state index in [1.54, 1.807) is 0 Å². The summed E-state index contributed by atoms with van der Waals surface area (Å²) in [6, 6.07) is 12.4. The molecule has 1 unspecified atom stereocenters. The van der Waals surface area contributed by atoms with Crippen molar-refractivity contribution in [3.8, 4) is 0 Å². The molecular formula is C15H14BrClN2. The molecule has 2 aromatic rings. The minimum Gasteiger partial charge on any atom is -0.399 e. The third-order valence-corrected chi connectivity index (χ3v) is 4.31. The quantitative estimate of drug-likeness (QED) is 0.774. The van der Waals surface area contributed by atoms with Gasteiger partial charge < -0.3 is 11.1 Å². The van der Waals surface area contributed by atoms with Crippen LogP contribution in [0.3, 0.4) is 0 Å². The smallest absolute Gasteiger partial charge is 0.0648 e. The fourth-order valence-electron chi connectivity index (χ4n) is 2.58. The van der Waals surface area contributed by atoms with E-state index in [4.69, 9.17) is 17.3 Å². The minimum atomic E-state index is 0.314. The van der Waals surface area contributed by atoms with Crippen LogP contribution >= 0.6 is 27.5 Å². The van der Waals surface area contributed by atoms with Crippen molar-refractivity contribution in [2.24, 2.45) is 0 Å². The molecule has 1 atom stereocenters. The van der Waals surface area contributed by atoms with Gasteiger partial charge in [0.05, 0.1) is 16.8 Å². The topological polar surface area (TPSA) is 38.0 Å². The standard InChI is InChI=1S/C15H14BrClN2/c16-10-2-6-15(13(17)8-10)19-14-5-1-9-7-11(18)3-4-12(9)14/h2-4,6-8,14,19H,1,5,18H2. The number of halogens is 2. The molecule has 0 bridgehead atoms. The second-order valence-corrected chi connectivity index (χ2v) is 6.14. The Kier molecular flexibility index (Phi) is 3.42. The van der Waals surface area contributed by atoms with Crippen LogP contribution in [0.5, 0.6) is 0 Å². The van der Waals surface area contributed by atoms with Crippen molar-refractivity contribution in [2.75, 3.05) is 11.1 Å². The van der Waals surface area contributed by atoms with E-state index >= 15 is 0 Å². The zero-order valence-electron chi connectivity index (χ0n) is 10.3. The second kappa shape index (κ2) is 5.06. The first-order valence-electron chi connectivity index (χ1n) is 6.23. The number of nitrogen functional groups attached to an aromatic ring is 1. The highest BCUT2D eigenvalue weighted by Crippen LogP contribution is 2.37. The Morgan fingerprint density at radius 2 is 2.05 bits per heavy atom. The Hall–Kier alpha value is -1.19. The third kappa shape index (κ3) is 2.58. The summed E-state index contributed by atoms with van der Waals surface area (Å²) in [5, 5.41) is 4.25. The predicted molar refractivity (Wildman–Crippen MR) is 84.7 cm³/mol. The maximum atomic E-state index is 6.25. The van der Waals surface area contributed by atoms with Gasteiger partial charge in [0.2, 0.25) is 0 Å². The Morgan fingerprint density at radius 3 is 2.84 bits per heavy atom. The molecule has 0 saturated carbocycles. The maximum Gasteiger partial charge on any atom is 0.0648 e. The number of nitrogens with one attached hydrogen (secondary N) is 1. The third-order valence-electron chi connectivity index (χ3n) is 3.51. The Balaban J connectivity index is 1.86. The Bertz CT molecular complexity index is 628. The predicted octanol–water partition coefficient (Wildman–Crippen LogP) is 4.78. The van der Waals surface area contributed by atoms with Crippen molar-refractivity contribution in [1.82, 2.24) is 0 Å². The first-order valence-corrected chi connectivity index (χ1v) is 7.40. The van der Waals surface area contributed by atoms with Crippen LogP contribution in [0.4, 0.5) is 11.4 Å². The van der Waals surface area contributed by atoms with Crippen LogP contribution < -0.4 is 11.1 Å². The maximum absolute atomic E-state index is 6.25. The van der Waals surface area contributed by atoms with Crippen molar-refractivity contribution in [3.63, 3.8) is 0 Å². The summed E-state index contributed by atoms with van der Waals surface area (Å²) in [5.41, 5.74) is 10.3. The molecule has 0 spiro atoms. The molecule has 4 heteroatoms. The highest BCUT2D eigenvalue weighted by Gasteiger charge is 2.22. The summed E-state index contributed by atoms with van der Waals surface area (Å²) in [7, 11) is 0. The van der Waals surface area contributed by atoms with Crippen LogP contribution in [0.2, 0.25) is 5.02 Å². The van der Waals surface area contributed by atoms with Gasteiger partial charge in [-0.2, -0.15) is 0 Å². The lowest BCUT2D eigenvalue weighted by Gasteiger charge is -2.17. The fraction of sp³-hybridized carbons (Fsp3) is 0.200. The Labute approximate surface area is 126 Å². The number of rotatable bonds is 2. The summed E-state index contributed by atoms with van der Waals surface area (Å²) in [4.78, 5) is 0. The van der Waals surface area contributed by atoms with E-state index in [2.05, 4.69) is 33.4 Å². The minimum absolute atomic E-state index is 0.314. The molecule has 0 heterocycles. The molecule has 19 heavy (non-hydrogen) atoms. The monoisotopic (exact) mass is 336 g/mol. The molecule has 98 valence electrons. The number of fused-ring (bicyclic) bond motifs is 1. The number of hydrogen-bond acceptors (Lipinski definition) is 2. The van der Waals surface area contributed by atoms with E-state index < -0.39 is 0 Å². The molecule has 2 nitrogen and oxygen atoms in total. The molecular weight excluding hydrogens is 324 g/mol. The average Bonchev–Trinajstić information content (AvgIpc) is 2.75. The molecule has 3 N–H and O–H groups in total. The summed E-state index contributed by atoms with van der Waals surface area (Å²) in [6.45, 7) is 0. The number of nitrogens with two attached hydrogens (primary N) is 1. The number of anilines is 2. The van der Waals surface area contributed by atoms with E-state index in [0.717, 1.165) is 33.7 Å². The van der Waals surface area contributed by atoms with Crippen LogP contribution in [0.1, 0.15) is 23.6 Å². The highest BCUT2D eigenvalue weighted by atomic mass is 79.9.